The van der Waals surface area contributed by atoms with Crippen LogP contribution in [-0.4, -0.2) is 27.8 Å². The Balaban J connectivity index is 1.52. The number of nitriles is 1. The van der Waals surface area contributed by atoms with Crippen molar-refractivity contribution < 1.29 is 9.59 Å². The van der Waals surface area contributed by atoms with Gasteiger partial charge in [0.05, 0.1) is 17.4 Å². The number of hydrogen-bond acceptors (Lipinski definition) is 6. The van der Waals surface area contributed by atoms with E-state index >= 15 is 0 Å². The molecule has 7 nitrogen and oxygen atoms in total. The Labute approximate surface area is 165 Å². The van der Waals surface area contributed by atoms with Crippen molar-refractivity contribution in [2.45, 2.75) is 18.9 Å². The first-order chi connectivity index (χ1) is 13.6. The molecule has 3 aromatic rings. The fourth-order valence-electron chi connectivity index (χ4n) is 2.65. The first-order valence-corrected chi connectivity index (χ1v) is 9.58. The molecule has 138 valence electrons. The van der Waals surface area contributed by atoms with Gasteiger partial charge in [-0.2, -0.15) is 16.6 Å². The molecular weight excluding hydrogens is 374 g/mol. The van der Waals surface area contributed by atoms with Gasteiger partial charge in [-0.1, -0.05) is 0 Å². The normalized spacial score (nSPS) is 12.8. The van der Waals surface area contributed by atoms with E-state index in [-0.39, 0.29) is 23.6 Å². The van der Waals surface area contributed by atoms with E-state index in [0.29, 0.717) is 16.8 Å². The highest BCUT2D eigenvalue weighted by atomic mass is 32.1. The van der Waals surface area contributed by atoms with E-state index in [9.17, 15) is 14.9 Å². The van der Waals surface area contributed by atoms with Gasteiger partial charge in [-0.25, -0.2) is 0 Å². The van der Waals surface area contributed by atoms with Crippen molar-refractivity contribution in [1.29, 1.82) is 5.26 Å². The average molecular weight is 389 g/mol. The number of rotatable bonds is 5. The molecule has 0 atom stereocenters. The van der Waals surface area contributed by atoms with E-state index in [2.05, 4.69) is 26.7 Å². The summed E-state index contributed by atoms with van der Waals surface area (Å²) in [5.74, 6) is -0.644. The third-order valence-electron chi connectivity index (χ3n) is 4.26. The molecule has 1 fully saturated rings. The molecule has 8 heteroatoms. The number of nitrogens with zero attached hydrogens (tertiary/aromatic N) is 3. The Morgan fingerprint density at radius 3 is 2.82 bits per heavy atom. The minimum absolute atomic E-state index is 0.211. The lowest BCUT2D eigenvalue weighted by Gasteiger charge is -2.08. The van der Waals surface area contributed by atoms with Crippen molar-refractivity contribution in [1.82, 2.24) is 15.3 Å². The Morgan fingerprint density at radius 2 is 2.04 bits per heavy atom. The molecule has 0 spiro atoms. The smallest absolute Gasteiger partial charge is 0.270 e. The number of carbonyl (C=O) groups excluding carboxylic acids is 2. The molecular formula is C20H15N5O2S. The second-order valence-corrected chi connectivity index (χ2v) is 7.15. The maximum absolute atomic E-state index is 12.6. The van der Waals surface area contributed by atoms with Crippen molar-refractivity contribution in [2.75, 3.05) is 5.32 Å². The fourth-order valence-corrected chi connectivity index (χ4v) is 3.43. The van der Waals surface area contributed by atoms with Gasteiger partial charge in [-0.3, -0.25) is 19.6 Å². The van der Waals surface area contributed by atoms with Crippen LogP contribution in [0, 0.1) is 11.3 Å². The fraction of sp³-hybridized carbons (Fsp3) is 0.150. The highest BCUT2D eigenvalue weighted by Crippen LogP contribution is 2.28. The van der Waals surface area contributed by atoms with Gasteiger partial charge in [0, 0.05) is 40.5 Å². The zero-order valence-corrected chi connectivity index (χ0v) is 15.5. The van der Waals surface area contributed by atoms with Gasteiger partial charge in [0.25, 0.3) is 11.8 Å². The molecule has 0 aliphatic heterocycles. The molecule has 1 aliphatic rings. The minimum Gasteiger partial charge on any atom is -0.348 e. The van der Waals surface area contributed by atoms with Crippen molar-refractivity contribution in [3.8, 4) is 17.2 Å². The molecule has 1 saturated carbocycles. The summed E-state index contributed by atoms with van der Waals surface area (Å²) < 4.78 is 0. The van der Waals surface area contributed by atoms with Gasteiger partial charge in [0.2, 0.25) is 0 Å². The SMILES string of the molecule is N#Cc1cscc1-c1cncc(NC(=O)c2ccnc(C(=O)NC3CC3)c2)c1. The van der Waals surface area contributed by atoms with Crippen molar-refractivity contribution in [2.24, 2.45) is 0 Å². The number of pyridine rings is 2. The zero-order chi connectivity index (χ0) is 19.5. The predicted molar refractivity (Wildman–Crippen MR) is 105 cm³/mol. The number of anilines is 1. The highest BCUT2D eigenvalue weighted by Gasteiger charge is 2.24. The predicted octanol–water partition coefficient (Wildman–Crippen LogP) is 3.22. The second-order valence-electron chi connectivity index (χ2n) is 6.40. The van der Waals surface area contributed by atoms with Crippen LogP contribution in [0.1, 0.15) is 39.3 Å². The van der Waals surface area contributed by atoms with Crippen LogP contribution < -0.4 is 10.6 Å². The zero-order valence-electron chi connectivity index (χ0n) is 14.7. The number of amides is 2. The molecule has 0 saturated heterocycles. The van der Waals surface area contributed by atoms with Crippen LogP contribution in [0.15, 0.2) is 47.5 Å². The van der Waals surface area contributed by atoms with Crippen LogP contribution in [0.2, 0.25) is 0 Å². The van der Waals surface area contributed by atoms with Gasteiger partial charge < -0.3 is 10.6 Å². The maximum Gasteiger partial charge on any atom is 0.270 e. The number of hydrogen-bond donors (Lipinski definition) is 2. The quantitative estimate of drug-likeness (QED) is 0.697. The molecule has 4 rings (SSSR count). The monoisotopic (exact) mass is 389 g/mol. The van der Waals surface area contributed by atoms with E-state index < -0.39 is 0 Å². The van der Waals surface area contributed by atoms with Gasteiger partial charge in [0.1, 0.15) is 11.8 Å². The second kappa shape index (κ2) is 7.58. The summed E-state index contributed by atoms with van der Waals surface area (Å²) in [5, 5.41) is 18.5. The third-order valence-corrected chi connectivity index (χ3v) is 5.00. The molecule has 2 amide bonds. The van der Waals surface area contributed by atoms with Crippen molar-refractivity contribution >= 4 is 28.8 Å². The maximum atomic E-state index is 12.6. The van der Waals surface area contributed by atoms with Crippen LogP contribution in [0.5, 0.6) is 0 Å². The number of aromatic nitrogens is 2. The van der Waals surface area contributed by atoms with Gasteiger partial charge in [-0.15, -0.1) is 0 Å². The summed E-state index contributed by atoms with van der Waals surface area (Å²) >= 11 is 1.43. The number of carbonyl (C=O) groups is 2. The summed E-state index contributed by atoms with van der Waals surface area (Å²) in [6.07, 6.45) is 6.57. The van der Waals surface area contributed by atoms with E-state index in [4.69, 9.17) is 0 Å². The van der Waals surface area contributed by atoms with Gasteiger partial charge in [0.15, 0.2) is 0 Å². The van der Waals surface area contributed by atoms with E-state index in [1.54, 1.807) is 23.7 Å². The minimum atomic E-state index is -0.368. The van der Waals surface area contributed by atoms with Crippen LogP contribution in [-0.2, 0) is 0 Å². The lowest BCUT2D eigenvalue weighted by Crippen LogP contribution is -2.26. The van der Waals surface area contributed by atoms with E-state index in [1.165, 1.54) is 29.8 Å². The lowest BCUT2D eigenvalue weighted by molar-refractivity contribution is 0.0946. The molecule has 0 radical (unpaired) electrons. The molecule has 0 unspecified atom stereocenters. The molecule has 1 aliphatic carbocycles. The Bertz CT molecular complexity index is 1100. The Morgan fingerprint density at radius 1 is 1.18 bits per heavy atom. The summed E-state index contributed by atoms with van der Waals surface area (Å²) in [4.78, 5) is 32.9. The van der Waals surface area contributed by atoms with Crippen LogP contribution >= 0.6 is 11.3 Å². The molecule has 3 heterocycles. The summed E-state index contributed by atoms with van der Waals surface area (Å²) in [6.45, 7) is 0. The first-order valence-electron chi connectivity index (χ1n) is 8.64. The van der Waals surface area contributed by atoms with Crippen molar-refractivity contribution in [3.05, 3.63) is 64.4 Å². The van der Waals surface area contributed by atoms with Crippen molar-refractivity contribution in [3.63, 3.8) is 0 Å². The van der Waals surface area contributed by atoms with Crippen LogP contribution in [0.4, 0.5) is 5.69 Å². The molecule has 2 N–H and O–H groups in total. The Hall–Kier alpha value is -3.57. The molecule has 3 aromatic heterocycles. The van der Waals surface area contributed by atoms with Gasteiger partial charge >= 0.3 is 0 Å². The van der Waals surface area contributed by atoms with Crippen LogP contribution in [0.3, 0.4) is 0 Å². The third kappa shape index (κ3) is 3.89. The first kappa shape index (κ1) is 17.8. The largest absolute Gasteiger partial charge is 0.348 e. The topological polar surface area (TPSA) is 108 Å². The Kier molecular flexibility index (Phi) is 4.83. The number of thiophene rings is 1. The van der Waals surface area contributed by atoms with E-state index in [0.717, 1.165) is 24.0 Å². The standard InChI is InChI=1S/C20H15N5O2S/c21-7-14-10-28-11-17(14)13-5-16(9-22-8-13)25-19(26)12-3-4-23-18(6-12)20(27)24-15-1-2-15/h3-6,8-11,15H,1-2H2,(H,24,27)(H,25,26). The molecule has 0 aromatic carbocycles. The lowest BCUT2D eigenvalue weighted by atomic mass is 10.1. The average Bonchev–Trinajstić information content (AvgIpc) is 3.40. The highest BCUT2D eigenvalue weighted by molar-refractivity contribution is 7.08. The van der Waals surface area contributed by atoms with E-state index in [1.807, 2.05) is 5.38 Å². The molecule has 0 bridgehead atoms. The summed E-state index contributed by atoms with van der Waals surface area (Å²) in [7, 11) is 0. The number of nitrogens with one attached hydrogen (secondary N) is 2. The van der Waals surface area contributed by atoms with Gasteiger partial charge in [-0.05, 0) is 36.4 Å². The summed E-state index contributed by atoms with van der Waals surface area (Å²) in [6, 6.07) is 7.14. The molecule has 28 heavy (non-hydrogen) atoms. The summed E-state index contributed by atoms with van der Waals surface area (Å²) in [5.41, 5.74) is 3.13. The van der Waals surface area contributed by atoms with Crippen LogP contribution in [0.25, 0.3) is 11.1 Å².